The Morgan fingerprint density at radius 2 is 2.09 bits per heavy atom. The van der Waals surface area contributed by atoms with Crippen LogP contribution in [0.4, 0.5) is 8.78 Å². The summed E-state index contributed by atoms with van der Waals surface area (Å²) in [7, 11) is 0. The lowest BCUT2D eigenvalue weighted by atomic mass is 9.86. The first kappa shape index (κ1) is 17.8. The van der Waals surface area contributed by atoms with E-state index in [-0.39, 0.29) is 29.9 Å². The molecule has 1 fully saturated rings. The molecular formula is C17H23F2NO3. The number of rotatable bonds is 5. The number of benzene rings is 1. The van der Waals surface area contributed by atoms with Crippen molar-refractivity contribution in [3.8, 4) is 0 Å². The number of nitrogens with one attached hydrogen (secondary N) is 1. The number of hydrogen-bond donors (Lipinski definition) is 2. The molecule has 2 N–H and O–H groups in total. The van der Waals surface area contributed by atoms with Crippen molar-refractivity contribution >= 4 is 5.91 Å². The highest BCUT2D eigenvalue weighted by molar-refractivity contribution is 5.78. The van der Waals surface area contributed by atoms with Crippen molar-refractivity contribution in [2.45, 2.75) is 32.3 Å². The SMILES string of the molecule is CC(C(=O)NCC(C)(O)c1ccc(F)cc1F)C1CCOCC1. The summed E-state index contributed by atoms with van der Waals surface area (Å²) in [6.45, 7) is 4.41. The van der Waals surface area contributed by atoms with Crippen LogP contribution in [0.2, 0.25) is 0 Å². The average molecular weight is 327 g/mol. The van der Waals surface area contributed by atoms with Gasteiger partial charge in [0.1, 0.15) is 17.2 Å². The van der Waals surface area contributed by atoms with E-state index in [4.69, 9.17) is 4.74 Å². The third-order valence-electron chi connectivity index (χ3n) is 4.50. The Morgan fingerprint density at radius 3 is 2.70 bits per heavy atom. The molecule has 0 aliphatic carbocycles. The maximum Gasteiger partial charge on any atom is 0.223 e. The molecule has 0 bridgehead atoms. The molecule has 1 aromatic carbocycles. The van der Waals surface area contributed by atoms with E-state index >= 15 is 0 Å². The quantitative estimate of drug-likeness (QED) is 0.873. The number of hydrogen-bond acceptors (Lipinski definition) is 3. The molecular weight excluding hydrogens is 304 g/mol. The summed E-state index contributed by atoms with van der Waals surface area (Å²) in [6.07, 6.45) is 1.66. The minimum atomic E-state index is -1.61. The summed E-state index contributed by atoms with van der Waals surface area (Å²) in [5.41, 5.74) is -1.65. The number of carbonyl (C=O) groups is 1. The minimum Gasteiger partial charge on any atom is -0.383 e. The van der Waals surface area contributed by atoms with Crippen LogP contribution < -0.4 is 5.32 Å². The lowest BCUT2D eigenvalue weighted by molar-refractivity contribution is -0.128. The lowest BCUT2D eigenvalue weighted by Gasteiger charge is -2.29. The van der Waals surface area contributed by atoms with Gasteiger partial charge in [-0.25, -0.2) is 8.78 Å². The normalized spacial score (nSPS) is 19.9. The third kappa shape index (κ3) is 4.48. The van der Waals surface area contributed by atoms with Crippen LogP contribution in [0.3, 0.4) is 0 Å². The van der Waals surface area contributed by atoms with E-state index in [2.05, 4.69) is 5.32 Å². The second-order valence-corrected chi connectivity index (χ2v) is 6.35. The standard InChI is InChI=1S/C17H23F2NO3/c1-11(12-5-7-23-8-6-12)16(21)20-10-17(2,22)14-4-3-13(18)9-15(14)19/h3-4,9,11-12,22H,5-8,10H2,1-2H3,(H,20,21). The van der Waals surface area contributed by atoms with Crippen LogP contribution in [-0.4, -0.2) is 30.8 Å². The zero-order valence-electron chi connectivity index (χ0n) is 13.4. The van der Waals surface area contributed by atoms with Gasteiger partial charge >= 0.3 is 0 Å². The van der Waals surface area contributed by atoms with E-state index in [1.54, 1.807) is 0 Å². The van der Waals surface area contributed by atoms with Crippen LogP contribution in [0.25, 0.3) is 0 Å². The lowest BCUT2D eigenvalue weighted by Crippen LogP contribution is -2.43. The first-order chi connectivity index (χ1) is 10.8. The maximum atomic E-state index is 13.8. The van der Waals surface area contributed by atoms with Gasteiger partial charge in [-0.1, -0.05) is 13.0 Å². The van der Waals surface area contributed by atoms with Gasteiger partial charge < -0.3 is 15.2 Å². The number of amides is 1. The number of ether oxygens (including phenoxy) is 1. The van der Waals surface area contributed by atoms with Crippen LogP contribution in [0.5, 0.6) is 0 Å². The summed E-state index contributed by atoms with van der Waals surface area (Å²) < 4.78 is 32.0. The first-order valence-corrected chi connectivity index (χ1v) is 7.84. The topological polar surface area (TPSA) is 58.6 Å². The van der Waals surface area contributed by atoms with Crippen molar-refractivity contribution < 1.29 is 23.4 Å². The van der Waals surface area contributed by atoms with E-state index in [0.29, 0.717) is 13.2 Å². The summed E-state index contributed by atoms with van der Waals surface area (Å²) in [5.74, 6) is -1.68. The van der Waals surface area contributed by atoms with Crippen molar-refractivity contribution in [3.05, 3.63) is 35.4 Å². The molecule has 128 valence electrons. The molecule has 2 rings (SSSR count). The molecule has 0 aromatic heterocycles. The molecule has 0 saturated carbocycles. The monoisotopic (exact) mass is 327 g/mol. The number of aliphatic hydroxyl groups is 1. The van der Waals surface area contributed by atoms with E-state index < -0.39 is 17.2 Å². The molecule has 1 amide bonds. The molecule has 1 heterocycles. The smallest absolute Gasteiger partial charge is 0.223 e. The van der Waals surface area contributed by atoms with Crippen molar-refractivity contribution in [1.82, 2.24) is 5.32 Å². The molecule has 4 nitrogen and oxygen atoms in total. The summed E-state index contributed by atoms with van der Waals surface area (Å²) in [5, 5.41) is 13.1. The van der Waals surface area contributed by atoms with Gasteiger partial charge in [0.05, 0.1) is 6.54 Å². The molecule has 2 unspecified atom stereocenters. The van der Waals surface area contributed by atoms with Gasteiger partial charge in [0, 0.05) is 30.8 Å². The highest BCUT2D eigenvalue weighted by atomic mass is 19.1. The predicted octanol–water partition coefficient (Wildman–Crippen LogP) is 2.35. The van der Waals surface area contributed by atoms with E-state index in [9.17, 15) is 18.7 Å². The second-order valence-electron chi connectivity index (χ2n) is 6.35. The van der Waals surface area contributed by atoms with Crippen LogP contribution in [0.15, 0.2) is 18.2 Å². The molecule has 23 heavy (non-hydrogen) atoms. The Morgan fingerprint density at radius 1 is 1.43 bits per heavy atom. The average Bonchev–Trinajstić information content (AvgIpc) is 2.52. The fraction of sp³-hybridized carbons (Fsp3) is 0.588. The van der Waals surface area contributed by atoms with Crippen LogP contribution in [0, 0.1) is 23.5 Å². The van der Waals surface area contributed by atoms with E-state index in [0.717, 1.165) is 25.0 Å². The van der Waals surface area contributed by atoms with Crippen molar-refractivity contribution in [2.75, 3.05) is 19.8 Å². The zero-order chi connectivity index (χ0) is 17.0. The molecule has 1 saturated heterocycles. The number of carbonyl (C=O) groups excluding carboxylic acids is 1. The predicted molar refractivity (Wildman–Crippen MR) is 81.6 cm³/mol. The minimum absolute atomic E-state index is 0.0436. The van der Waals surface area contributed by atoms with Crippen LogP contribution in [-0.2, 0) is 15.1 Å². The molecule has 0 radical (unpaired) electrons. The maximum absolute atomic E-state index is 13.8. The van der Waals surface area contributed by atoms with Gasteiger partial charge in [0.25, 0.3) is 0 Å². The first-order valence-electron chi connectivity index (χ1n) is 7.84. The van der Waals surface area contributed by atoms with Crippen molar-refractivity contribution in [1.29, 1.82) is 0 Å². The molecule has 1 aliphatic heterocycles. The summed E-state index contributed by atoms with van der Waals surface area (Å²) >= 11 is 0. The van der Waals surface area contributed by atoms with E-state index in [1.807, 2.05) is 6.92 Å². The fourth-order valence-electron chi connectivity index (χ4n) is 2.87. The molecule has 1 aliphatic rings. The van der Waals surface area contributed by atoms with Gasteiger partial charge in [-0.15, -0.1) is 0 Å². The van der Waals surface area contributed by atoms with Crippen LogP contribution >= 0.6 is 0 Å². The van der Waals surface area contributed by atoms with E-state index in [1.165, 1.54) is 13.0 Å². The third-order valence-corrected chi connectivity index (χ3v) is 4.50. The molecule has 0 spiro atoms. The Labute approximate surface area is 134 Å². The van der Waals surface area contributed by atoms with Gasteiger partial charge in [-0.3, -0.25) is 4.79 Å². The Hall–Kier alpha value is -1.53. The van der Waals surface area contributed by atoms with Crippen molar-refractivity contribution in [3.63, 3.8) is 0 Å². The molecule has 2 atom stereocenters. The Bertz CT molecular complexity index is 557. The van der Waals surface area contributed by atoms with Gasteiger partial charge in [0.2, 0.25) is 5.91 Å². The summed E-state index contributed by atoms with van der Waals surface area (Å²) in [4.78, 5) is 12.2. The van der Waals surface area contributed by atoms with Gasteiger partial charge in [-0.05, 0) is 31.7 Å². The van der Waals surface area contributed by atoms with Gasteiger partial charge in [0.15, 0.2) is 0 Å². The van der Waals surface area contributed by atoms with Gasteiger partial charge in [-0.2, -0.15) is 0 Å². The number of halogens is 2. The highest BCUT2D eigenvalue weighted by Gasteiger charge is 2.30. The fourth-order valence-corrected chi connectivity index (χ4v) is 2.87. The highest BCUT2D eigenvalue weighted by Crippen LogP contribution is 2.26. The van der Waals surface area contributed by atoms with Crippen LogP contribution in [0.1, 0.15) is 32.3 Å². The molecule has 6 heteroatoms. The second kappa shape index (κ2) is 7.36. The molecule has 1 aromatic rings. The summed E-state index contributed by atoms with van der Waals surface area (Å²) in [6, 6.07) is 2.99. The Balaban J connectivity index is 1.96. The largest absolute Gasteiger partial charge is 0.383 e. The zero-order valence-corrected chi connectivity index (χ0v) is 13.4. The Kier molecular flexibility index (Phi) is 5.70. The van der Waals surface area contributed by atoms with Crippen molar-refractivity contribution in [2.24, 2.45) is 11.8 Å².